The topological polar surface area (TPSA) is 63.0 Å². The van der Waals surface area contributed by atoms with Gasteiger partial charge >= 0.3 is 20.4 Å². The molecule has 0 atom stereocenters. The van der Waals surface area contributed by atoms with Crippen LogP contribution < -0.4 is 17.0 Å². The van der Waals surface area contributed by atoms with E-state index in [0.29, 0.717) is 0 Å². The quantitative estimate of drug-likeness (QED) is 0.370. The van der Waals surface area contributed by atoms with Crippen molar-refractivity contribution in [1.29, 1.82) is 0 Å². The van der Waals surface area contributed by atoms with Crippen molar-refractivity contribution in [2.75, 3.05) is 0 Å². The molecule has 0 bridgehead atoms. The van der Waals surface area contributed by atoms with Gasteiger partial charge in [-0.1, -0.05) is 0 Å². The second-order valence-corrected chi connectivity index (χ2v) is 0. The molecule has 0 aliphatic rings. The first kappa shape index (κ1) is 74.0. The normalized spacial score (nSPS) is 0. The standard InChI is InChI=1S/BrH.2H2O.Pd/h1H;2*1H2;/q;;;+2/p-1. The van der Waals surface area contributed by atoms with Crippen molar-refractivity contribution in [1.82, 2.24) is 0 Å². The fourth-order valence-electron chi connectivity index (χ4n) is 0. The van der Waals surface area contributed by atoms with E-state index < -0.39 is 0 Å². The van der Waals surface area contributed by atoms with Crippen LogP contribution in [-0.2, 0) is 20.4 Å². The van der Waals surface area contributed by atoms with Crippen molar-refractivity contribution in [3.8, 4) is 0 Å². The Morgan fingerprint density at radius 2 is 0.750 bits per heavy atom. The molecule has 0 radical (unpaired) electrons. The molecule has 0 aromatic carbocycles. The Labute approximate surface area is 48.6 Å². The Morgan fingerprint density at radius 3 is 0.750 bits per heavy atom. The summed E-state index contributed by atoms with van der Waals surface area (Å²) in [7, 11) is 0. The molecule has 32 valence electrons. The van der Waals surface area contributed by atoms with Crippen molar-refractivity contribution < 1.29 is 48.4 Å². The SMILES string of the molecule is O.O.[Br-].[Pd+2]. The summed E-state index contributed by atoms with van der Waals surface area (Å²) in [6.07, 6.45) is 0. The summed E-state index contributed by atoms with van der Waals surface area (Å²) in [5.41, 5.74) is 0. The first-order valence-corrected chi connectivity index (χ1v) is 0. The first-order valence-electron chi connectivity index (χ1n) is 0. The van der Waals surface area contributed by atoms with Crippen molar-refractivity contribution in [2.24, 2.45) is 0 Å². The molecule has 0 saturated heterocycles. The van der Waals surface area contributed by atoms with Crippen LogP contribution >= 0.6 is 0 Å². The van der Waals surface area contributed by atoms with Gasteiger partial charge in [-0.15, -0.1) is 0 Å². The number of halogens is 1. The summed E-state index contributed by atoms with van der Waals surface area (Å²) >= 11 is 0. The van der Waals surface area contributed by atoms with E-state index >= 15 is 0 Å². The zero-order chi connectivity index (χ0) is 0. The maximum Gasteiger partial charge on any atom is 2.00 e. The number of rotatable bonds is 0. The molecule has 0 aliphatic heterocycles. The van der Waals surface area contributed by atoms with Crippen LogP contribution in [0.15, 0.2) is 0 Å². The summed E-state index contributed by atoms with van der Waals surface area (Å²) in [4.78, 5) is 0. The summed E-state index contributed by atoms with van der Waals surface area (Å²) < 4.78 is 0. The Hall–Kier alpha value is 1.06. The van der Waals surface area contributed by atoms with Crippen LogP contribution in [0.4, 0.5) is 0 Å². The summed E-state index contributed by atoms with van der Waals surface area (Å²) in [5.74, 6) is 0. The van der Waals surface area contributed by atoms with Crippen LogP contribution in [0.5, 0.6) is 0 Å². The van der Waals surface area contributed by atoms with E-state index in [1.165, 1.54) is 0 Å². The molecular formula is H4BrO2Pd+. The van der Waals surface area contributed by atoms with Gasteiger partial charge in [0, 0.05) is 0 Å². The average Bonchev–Trinajstić information content (AvgIpc) is 0. The first-order chi connectivity index (χ1) is 0. The minimum Gasteiger partial charge on any atom is -1.00 e. The predicted octanol–water partition coefficient (Wildman–Crippen LogP) is -4.65. The zero-order valence-corrected chi connectivity index (χ0v) is 4.83. The van der Waals surface area contributed by atoms with Crippen molar-refractivity contribution >= 4 is 0 Å². The molecule has 2 nitrogen and oxygen atoms in total. The number of hydrogen-bond donors (Lipinski definition) is 0. The molecule has 0 rings (SSSR count). The maximum absolute atomic E-state index is 0. The molecular weight excluding hydrogens is 218 g/mol. The number of hydrogen-bond acceptors (Lipinski definition) is 0. The Bertz CT molecular complexity index is 6.00. The maximum atomic E-state index is 0. The molecule has 0 fully saturated rings. The van der Waals surface area contributed by atoms with Gasteiger partial charge in [0.25, 0.3) is 0 Å². The van der Waals surface area contributed by atoms with Gasteiger partial charge in [-0.2, -0.15) is 0 Å². The van der Waals surface area contributed by atoms with E-state index in [0.717, 1.165) is 0 Å². The van der Waals surface area contributed by atoms with Gasteiger partial charge in [-0.3, -0.25) is 0 Å². The van der Waals surface area contributed by atoms with Crippen LogP contribution in [-0.4, -0.2) is 11.0 Å². The fourth-order valence-corrected chi connectivity index (χ4v) is 0. The van der Waals surface area contributed by atoms with E-state index in [-0.39, 0.29) is 48.4 Å². The van der Waals surface area contributed by atoms with Crippen molar-refractivity contribution in [3.05, 3.63) is 0 Å². The van der Waals surface area contributed by atoms with Crippen molar-refractivity contribution in [2.45, 2.75) is 0 Å². The third kappa shape index (κ3) is 11.5. The van der Waals surface area contributed by atoms with E-state index in [1.807, 2.05) is 0 Å². The van der Waals surface area contributed by atoms with Gasteiger partial charge < -0.3 is 27.9 Å². The second kappa shape index (κ2) is 33.8. The van der Waals surface area contributed by atoms with E-state index in [9.17, 15) is 0 Å². The molecule has 0 saturated carbocycles. The summed E-state index contributed by atoms with van der Waals surface area (Å²) in [5, 5.41) is 0. The smallest absolute Gasteiger partial charge is 1.00 e. The molecule has 0 aromatic rings. The van der Waals surface area contributed by atoms with E-state index in [4.69, 9.17) is 0 Å². The Balaban J connectivity index is 0. The van der Waals surface area contributed by atoms with Crippen molar-refractivity contribution in [3.63, 3.8) is 0 Å². The monoisotopic (exact) mass is 221 g/mol. The third-order valence-corrected chi connectivity index (χ3v) is 0. The zero-order valence-electron chi connectivity index (χ0n) is 1.69. The molecule has 0 heterocycles. The van der Waals surface area contributed by atoms with E-state index in [1.54, 1.807) is 0 Å². The molecule has 4 N–H and O–H groups in total. The third-order valence-electron chi connectivity index (χ3n) is 0. The molecule has 0 spiro atoms. The minimum absolute atomic E-state index is 0. The Kier molecular flexibility index (Phi) is 625. The Morgan fingerprint density at radius 1 is 0.750 bits per heavy atom. The van der Waals surface area contributed by atoms with Gasteiger partial charge in [-0.25, -0.2) is 0 Å². The average molecular weight is 222 g/mol. The van der Waals surface area contributed by atoms with Crippen LogP contribution in [0.1, 0.15) is 0 Å². The van der Waals surface area contributed by atoms with Crippen LogP contribution in [0.2, 0.25) is 0 Å². The van der Waals surface area contributed by atoms with Gasteiger partial charge in [0.2, 0.25) is 0 Å². The van der Waals surface area contributed by atoms with Crippen LogP contribution in [0.3, 0.4) is 0 Å². The fraction of sp³-hybridized carbons (Fsp3) is 0. The molecule has 0 unspecified atom stereocenters. The molecule has 0 aromatic heterocycles. The van der Waals surface area contributed by atoms with Gasteiger partial charge in [0.1, 0.15) is 0 Å². The van der Waals surface area contributed by atoms with E-state index in [2.05, 4.69) is 0 Å². The van der Waals surface area contributed by atoms with Crippen LogP contribution in [0.25, 0.3) is 0 Å². The molecule has 4 heteroatoms. The largest absolute Gasteiger partial charge is 2.00 e. The minimum atomic E-state index is 0. The second-order valence-electron chi connectivity index (χ2n) is 0. The molecule has 0 amide bonds. The summed E-state index contributed by atoms with van der Waals surface area (Å²) in [6.45, 7) is 0. The van der Waals surface area contributed by atoms with Gasteiger partial charge in [0.05, 0.1) is 0 Å². The summed E-state index contributed by atoms with van der Waals surface area (Å²) in [6, 6.07) is 0. The predicted molar refractivity (Wildman–Crippen MR) is 7.23 cm³/mol. The molecule has 0 aliphatic carbocycles. The van der Waals surface area contributed by atoms with Crippen LogP contribution in [0, 0.1) is 0 Å². The van der Waals surface area contributed by atoms with Gasteiger partial charge in [-0.05, 0) is 0 Å². The molecule has 4 heavy (non-hydrogen) atoms. The van der Waals surface area contributed by atoms with Gasteiger partial charge in [0.15, 0.2) is 0 Å².